The van der Waals surface area contributed by atoms with Gasteiger partial charge in [-0.15, -0.1) is 0 Å². The summed E-state index contributed by atoms with van der Waals surface area (Å²) in [6.45, 7) is 0. The van der Waals surface area contributed by atoms with Crippen LogP contribution in [0.4, 0.5) is 18.9 Å². The average Bonchev–Trinajstić information content (AvgIpc) is 2.46. The molecule has 2 rings (SSSR count). The summed E-state index contributed by atoms with van der Waals surface area (Å²) in [4.78, 5) is 23.4. The Balaban J connectivity index is 2.12. The van der Waals surface area contributed by atoms with Gasteiger partial charge in [0.1, 0.15) is 0 Å². The molecule has 120 valence electrons. The zero-order chi connectivity index (χ0) is 16.3. The molecule has 1 aliphatic carbocycles. The first-order chi connectivity index (χ1) is 10.3. The standard InChI is InChI=1S/C15H16F3NO3/c16-15(17,18)9-4-3-5-10(8-9)19-13(20)11-6-1-2-7-12(11)14(21)22/h3-5,8,11-12H,1-2,6-7H2,(H,19,20)(H,21,22). The second-order valence-corrected chi connectivity index (χ2v) is 5.40. The second-order valence-electron chi connectivity index (χ2n) is 5.40. The number of alkyl halides is 3. The first-order valence-electron chi connectivity index (χ1n) is 7.00. The summed E-state index contributed by atoms with van der Waals surface area (Å²) < 4.78 is 37.9. The number of rotatable bonds is 3. The van der Waals surface area contributed by atoms with Crippen molar-refractivity contribution in [1.82, 2.24) is 0 Å². The van der Waals surface area contributed by atoms with Crippen molar-refractivity contribution < 1.29 is 27.9 Å². The van der Waals surface area contributed by atoms with E-state index in [0.717, 1.165) is 25.0 Å². The molecule has 0 spiro atoms. The van der Waals surface area contributed by atoms with Gasteiger partial charge in [0.2, 0.25) is 5.91 Å². The van der Waals surface area contributed by atoms with Gasteiger partial charge in [-0.05, 0) is 31.0 Å². The third-order valence-corrected chi connectivity index (χ3v) is 3.88. The molecule has 22 heavy (non-hydrogen) atoms. The van der Waals surface area contributed by atoms with Crippen molar-refractivity contribution in [3.8, 4) is 0 Å². The number of carboxylic acid groups (broad SMARTS) is 1. The number of carbonyl (C=O) groups is 2. The van der Waals surface area contributed by atoms with Crippen LogP contribution in [0.5, 0.6) is 0 Å². The van der Waals surface area contributed by atoms with Crippen LogP contribution in [0.15, 0.2) is 24.3 Å². The molecule has 1 amide bonds. The van der Waals surface area contributed by atoms with Gasteiger partial charge in [-0.25, -0.2) is 0 Å². The summed E-state index contributed by atoms with van der Waals surface area (Å²) in [5.74, 6) is -3.06. The van der Waals surface area contributed by atoms with E-state index < -0.39 is 35.5 Å². The SMILES string of the molecule is O=C(O)C1CCCCC1C(=O)Nc1cccc(C(F)(F)F)c1. The minimum Gasteiger partial charge on any atom is -0.481 e. The van der Waals surface area contributed by atoms with Crippen LogP contribution >= 0.6 is 0 Å². The van der Waals surface area contributed by atoms with Gasteiger partial charge in [-0.2, -0.15) is 13.2 Å². The molecule has 1 aliphatic rings. The molecule has 4 nitrogen and oxygen atoms in total. The highest BCUT2D eigenvalue weighted by Gasteiger charge is 2.36. The molecule has 1 aromatic carbocycles. The van der Waals surface area contributed by atoms with Crippen molar-refractivity contribution in [2.45, 2.75) is 31.9 Å². The third-order valence-electron chi connectivity index (χ3n) is 3.88. The Kier molecular flexibility index (Phi) is 4.73. The highest BCUT2D eigenvalue weighted by atomic mass is 19.4. The molecule has 1 aromatic rings. The predicted octanol–water partition coefficient (Wildman–Crippen LogP) is 3.53. The Bertz CT molecular complexity index is 571. The monoisotopic (exact) mass is 315 g/mol. The molecule has 0 heterocycles. The summed E-state index contributed by atoms with van der Waals surface area (Å²) in [6.07, 6.45) is -2.16. The fourth-order valence-corrected chi connectivity index (χ4v) is 2.75. The molecule has 0 aromatic heterocycles. The van der Waals surface area contributed by atoms with E-state index in [1.807, 2.05) is 0 Å². The van der Waals surface area contributed by atoms with Crippen molar-refractivity contribution in [3.63, 3.8) is 0 Å². The van der Waals surface area contributed by atoms with E-state index in [-0.39, 0.29) is 5.69 Å². The molecule has 7 heteroatoms. The van der Waals surface area contributed by atoms with E-state index in [9.17, 15) is 22.8 Å². The molecule has 1 saturated carbocycles. The zero-order valence-corrected chi connectivity index (χ0v) is 11.7. The summed E-state index contributed by atoms with van der Waals surface area (Å²) in [5, 5.41) is 11.6. The number of anilines is 1. The summed E-state index contributed by atoms with van der Waals surface area (Å²) in [6, 6.07) is 4.31. The van der Waals surface area contributed by atoms with Crippen LogP contribution in [0.1, 0.15) is 31.2 Å². The van der Waals surface area contributed by atoms with Crippen LogP contribution in [-0.4, -0.2) is 17.0 Å². The first-order valence-corrected chi connectivity index (χ1v) is 7.00. The lowest BCUT2D eigenvalue weighted by Crippen LogP contribution is -2.36. The van der Waals surface area contributed by atoms with Crippen LogP contribution in [0.3, 0.4) is 0 Å². The third kappa shape index (κ3) is 3.78. The molecule has 2 N–H and O–H groups in total. The van der Waals surface area contributed by atoms with Gasteiger partial charge in [-0.3, -0.25) is 9.59 Å². The number of aliphatic carboxylic acids is 1. The highest BCUT2D eigenvalue weighted by Crippen LogP contribution is 2.33. The van der Waals surface area contributed by atoms with Gasteiger partial charge in [0.05, 0.1) is 17.4 Å². The maximum Gasteiger partial charge on any atom is 0.416 e. The number of hydrogen-bond donors (Lipinski definition) is 2. The number of amides is 1. The molecular weight excluding hydrogens is 299 g/mol. The largest absolute Gasteiger partial charge is 0.481 e. The molecule has 0 saturated heterocycles. The van der Waals surface area contributed by atoms with E-state index in [1.165, 1.54) is 12.1 Å². The van der Waals surface area contributed by atoms with Crippen molar-refractivity contribution in [1.29, 1.82) is 0 Å². The van der Waals surface area contributed by atoms with Crippen LogP contribution in [-0.2, 0) is 15.8 Å². The molecular formula is C15H16F3NO3. The topological polar surface area (TPSA) is 66.4 Å². The first kappa shape index (κ1) is 16.3. The average molecular weight is 315 g/mol. The molecule has 2 atom stereocenters. The van der Waals surface area contributed by atoms with Gasteiger partial charge >= 0.3 is 12.1 Å². The minimum absolute atomic E-state index is 0.0227. The molecule has 1 fully saturated rings. The van der Waals surface area contributed by atoms with E-state index in [1.54, 1.807) is 0 Å². The smallest absolute Gasteiger partial charge is 0.416 e. The van der Waals surface area contributed by atoms with E-state index in [2.05, 4.69) is 5.32 Å². The van der Waals surface area contributed by atoms with Crippen LogP contribution < -0.4 is 5.32 Å². The summed E-state index contributed by atoms with van der Waals surface area (Å²) in [7, 11) is 0. The van der Waals surface area contributed by atoms with E-state index in [4.69, 9.17) is 5.11 Å². The number of benzene rings is 1. The lowest BCUT2D eigenvalue weighted by molar-refractivity contribution is -0.147. The van der Waals surface area contributed by atoms with Gasteiger partial charge in [-0.1, -0.05) is 18.9 Å². The number of carbonyl (C=O) groups excluding carboxylic acids is 1. The fourth-order valence-electron chi connectivity index (χ4n) is 2.75. The Hall–Kier alpha value is -2.05. The Labute approximate surface area is 125 Å². The predicted molar refractivity (Wildman–Crippen MR) is 73.2 cm³/mol. The second kappa shape index (κ2) is 6.37. The van der Waals surface area contributed by atoms with Crippen LogP contribution in [0.2, 0.25) is 0 Å². The molecule has 0 bridgehead atoms. The van der Waals surface area contributed by atoms with Crippen molar-refractivity contribution >= 4 is 17.6 Å². The molecule has 0 radical (unpaired) electrons. The van der Waals surface area contributed by atoms with Gasteiger partial charge < -0.3 is 10.4 Å². The normalized spacial score (nSPS) is 22.1. The van der Waals surface area contributed by atoms with Crippen molar-refractivity contribution in [3.05, 3.63) is 29.8 Å². The van der Waals surface area contributed by atoms with Crippen LogP contribution in [0, 0.1) is 11.8 Å². The van der Waals surface area contributed by atoms with Gasteiger partial charge in [0.15, 0.2) is 0 Å². The minimum atomic E-state index is -4.49. The zero-order valence-electron chi connectivity index (χ0n) is 11.7. The maximum atomic E-state index is 12.6. The number of carboxylic acids is 1. The van der Waals surface area contributed by atoms with E-state index in [0.29, 0.717) is 12.8 Å². The Morgan fingerprint density at radius 3 is 2.36 bits per heavy atom. The fraction of sp³-hybridized carbons (Fsp3) is 0.467. The maximum absolute atomic E-state index is 12.6. The molecule has 0 aliphatic heterocycles. The summed E-state index contributed by atoms with van der Waals surface area (Å²) in [5.41, 5.74) is -0.835. The lowest BCUT2D eigenvalue weighted by Gasteiger charge is -2.27. The number of halogens is 3. The van der Waals surface area contributed by atoms with Gasteiger partial charge in [0.25, 0.3) is 0 Å². The Morgan fingerprint density at radius 2 is 1.77 bits per heavy atom. The van der Waals surface area contributed by atoms with Crippen molar-refractivity contribution in [2.24, 2.45) is 11.8 Å². The lowest BCUT2D eigenvalue weighted by atomic mass is 9.78. The number of hydrogen-bond acceptors (Lipinski definition) is 2. The number of nitrogens with one attached hydrogen (secondary N) is 1. The Morgan fingerprint density at radius 1 is 1.14 bits per heavy atom. The quantitative estimate of drug-likeness (QED) is 0.896. The van der Waals surface area contributed by atoms with E-state index >= 15 is 0 Å². The van der Waals surface area contributed by atoms with Crippen LogP contribution in [0.25, 0.3) is 0 Å². The van der Waals surface area contributed by atoms with Crippen molar-refractivity contribution in [2.75, 3.05) is 5.32 Å². The van der Waals surface area contributed by atoms with Gasteiger partial charge in [0, 0.05) is 5.69 Å². The highest BCUT2D eigenvalue weighted by molar-refractivity contribution is 5.95. The molecule has 2 unspecified atom stereocenters. The summed E-state index contributed by atoms with van der Waals surface area (Å²) >= 11 is 0.